The second-order valence-corrected chi connectivity index (χ2v) is 7.70. The average molecular weight is 347 g/mol. The van der Waals surface area contributed by atoms with Crippen molar-refractivity contribution in [2.45, 2.75) is 23.8 Å². The molecule has 1 saturated heterocycles. The number of methoxy groups -OCH3 is 1. The van der Waals surface area contributed by atoms with Gasteiger partial charge >= 0.3 is 0 Å². The molecule has 2 heterocycles. The zero-order valence-electron chi connectivity index (χ0n) is 13.6. The predicted molar refractivity (Wildman–Crippen MR) is 92.6 cm³/mol. The second kappa shape index (κ2) is 7.19. The van der Waals surface area contributed by atoms with Crippen LogP contribution in [0.15, 0.2) is 53.7 Å². The van der Waals surface area contributed by atoms with Crippen molar-refractivity contribution in [2.75, 3.05) is 25.5 Å². The van der Waals surface area contributed by atoms with Gasteiger partial charge in [-0.1, -0.05) is 0 Å². The van der Waals surface area contributed by atoms with Crippen molar-refractivity contribution in [2.24, 2.45) is 0 Å². The lowest BCUT2D eigenvalue weighted by Gasteiger charge is -2.32. The van der Waals surface area contributed by atoms with Crippen LogP contribution in [0.25, 0.3) is 0 Å². The lowest BCUT2D eigenvalue weighted by atomic mass is 10.1. The third-order valence-corrected chi connectivity index (χ3v) is 5.97. The molecule has 1 unspecified atom stereocenters. The van der Waals surface area contributed by atoms with Gasteiger partial charge in [0.1, 0.15) is 10.6 Å². The number of rotatable bonds is 5. The SMILES string of the molecule is COc1ccc(NC2CCCN(S(=O)(=O)c3cccnc3)C2)cc1. The quantitative estimate of drug-likeness (QED) is 0.899. The molecule has 24 heavy (non-hydrogen) atoms. The standard InChI is InChI=1S/C17H21N3O3S/c1-23-16-8-6-14(7-9-16)19-15-4-3-11-20(13-15)24(21,22)17-5-2-10-18-12-17/h2,5-10,12,15,19H,3-4,11,13H2,1H3. The topological polar surface area (TPSA) is 71.5 Å². The molecule has 1 fully saturated rings. The number of sulfonamides is 1. The molecule has 1 aliphatic rings. The molecule has 0 saturated carbocycles. The first kappa shape index (κ1) is 16.7. The Hall–Kier alpha value is -2.12. The highest BCUT2D eigenvalue weighted by Gasteiger charge is 2.30. The van der Waals surface area contributed by atoms with E-state index in [0.717, 1.165) is 24.3 Å². The molecule has 0 bridgehead atoms. The first-order chi connectivity index (χ1) is 11.6. The van der Waals surface area contributed by atoms with E-state index in [1.54, 1.807) is 25.4 Å². The maximum atomic E-state index is 12.7. The summed E-state index contributed by atoms with van der Waals surface area (Å²) in [5.41, 5.74) is 0.960. The van der Waals surface area contributed by atoms with Crippen molar-refractivity contribution < 1.29 is 13.2 Å². The van der Waals surface area contributed by atoms with Crippen LogP contribution in [0.2, 0.25) is 0 Å². The number of hydrogen-bond acceptors (Lipinski definition) is 5. The molecule has 1 atom stereocenters. The smallest absolute Gasteiger partial charge is 0.244 e. The molecule has 1 aliphatic heterocycles. The summed E-state index contributed by atoms with van der Waals surface area (Å²) in [5, 5.41) is 3.41. The van der Waals surface area contributed by atoms with E-state index >= 15 is 0 Å². The van der Waals surface area contributed by atoms with Crippen LogP contribution in [-0.2, 0) is 10.0 Å². The molecular formula is C17H21N3O3S. The fourth-order valence-corrected chi connectivity index (χ4v) is 4.34. The number of benzene rings is 1. The van der Waals surface area contributed by atoms with Gasteiger partial charge in [-0.25, -0.2) is 8.42 Å². The zero-order valence-corrected chi connectivity index (χ0v) is 14.4. The summed E-state index contributed by atoms with van der Waals surface area (Å²) in [4.78, 5) is 4.16. The molecule has 2 aromatic rings. The van der Waals surface area contributed by atoms with Crippen molar-refractivity contribution in [1.29, 1.82) is 0 Å². The number of piperidine rings is 1. The average Bonchev–Trinajstić information content (AvgIpc) is 2.63. The number of pyridine rings is 1. The van der Waals surface area contributed by atoms with E-state index in [0.29, 0.717) is 13.1 Å². The minimum Gasteiger partial charge on any atom is -0.497 e. The number of aromatic nitrogens is 1. The van der Waals surface area contributed by atoms with E-state index in [9.17, 15) is 8.42 Å². The van der Waals surface area contributed by atoms with E-state index < -0.39 is 10.0 Å². The van der Waals surface area contributed by atoms with Gasteiger partial charge in [-0.3, -0.25) is 4.98 Å². The summed E-state index contributed by atoms with van der Waals surface area (Å²) < 4.78 is 32.1. The van der Waals surface area contributed by atoms with Crippen LogP contribution >= 0.6 is 0 Å². The van der Waals surface area contributed by atoms with E-state index in [1.807, 2.05) is 24.3 Å². The Bertz CT molecular complexity index is 763. The van der Waals surface area contributed by atoms with Gasteiger partial charge < -0.3 is 10.1 Å². The van der Waals surface area contributed by atoms with Gasteiger partial charge in [0.15, 0.2) is 0 Å². The second-order valence-electron chi connectivity index (χ2n) is 5.76. The van der Waals surface area contributed by atoms with E-state index in [1.165, 1.54) is 10.5 Å². The van der Waals surface area contributed by atoms with Crippen molar-refractivity contribution in [3.63, 3.8) is 0 Å². The summed E-state index contributed by atoms with van der Waals surface area (Å²) in [6.07, 6.45) is 4.73. The van der Waals surface area contributed by atoms with E-state index in [2.05, 4.69) is 10.3 Å². The largest absolute Gasteiger partial charge is 0.497 e. The number of nitrogens with zero attached hydrogens (tertiary/aromatic N) is 2. The Kier molecular flexibility index (Phi) is 5.01. The Morgan fingerprint density at radius 1 is 1.25 bits per heavy atom. The fraction of sp³-hybridized carbons (Fsp3) is 0.353. The molecule has 0 amide bonds. The monoisotopic (exact) mass is 347 g/mol. The molecule has 6 nitrogen and oxygen atoms in total. The summed E-state index contributed by atoms with van der Waals surface area (Å²) in [5.74, 6) is 0.796. The Balaban J connectivity index is 1.70. The first-order valence-electron chi connectivity index (χ1n) is 7.90. The van der Waals surface area contributed by atoms with Crippen molar-refractivity contribution >= 4 is 15.7 Å². The van der Waals surface area contributed by atoms with Gasteiger partial charge in [-0.15, -0.1) is 0 Å². The highest BCUT2D eigenvalue weighted by molar-refractivity contribution is 7.89. The molecular weight excluding hydrogens is 326 g/mol. The zero-order chi connectivity index (χ0) is 17.0. The van der Waals surface area contributed by atoms with Crippen LogP contribution in [0.4, 0.5) is 5.69 Å². The normalized spacial score (nSPS) is 19.0. The number of ether oxygens (including phenoxy) is 1. The van der Waals surface area contributed by atoms with Crippen LogP contribution in [0, 0.1) is 0 Å². The van der Waals surface area contributed by atoms with Gasteiger partial charge in [0, 0.05) is 37.2 Å². The van der Waals surface area contributed by atoms with Crippen LogP contribution in [0.3, 0.4) is 0 Å². The summed E-state index contributed by atoms with van der Waals surface area (Å²) in [7, 11) is -1.86. The Morgan fingerprint density at radius 3 is 2.71 bits per heavy atom. The number of anilines is 1. The number of nitrogens with one attached hydrogen (secondary N) is 1. The molecule has 1 aromatic carbocycles. The van der Waals surface area contributed by atoms with Crippen molar-refractivity contribution in [1.82, 2.24) is 9.29 Å². The summed E-state index contributed by atoms with van der Waals surface area (Å²) in [6.45, 7) is 0.987. The lowest BCUT2D eigenvalue weighted by molar-refractivity contribution is 0.327. The van der Waals surface area contributed by atoms with Crippen LogP contribution in [0.1, 0.15) is 12.8 Å². The van der Waals surface area contributed by atoms with Gasteiger partial charge in [0.25, 0.3) is 0 Å². The van der Waals surface area contributed by atoms with Crippen LogP contribution in [0.5, 0.6) is 5.75 Å². The van der Waals surface area contributed by atoms with Crippen molar-refractivity contribution in [3.8, 4) is 5.75 Å². The Labute approximate surface area is 142 Å². The van der Waals surface area contributed by atoms with Gasteiger partial charge in [0.05, 0.1) is 7.11 Å². The molecule has 0 aliphatic carbocycles. The maximum Gasteiger partial charge on any atom is 0.244 e. The van der Waals surface area contributed by atoms with E-state index in [-0.39, 0.29) is 10.9 Å². The third kappa shape index (κ3) is 3.68. The minimum atomic E-state index is -3.49. The van der Waals surface area contributed by atoms with Crippen LogP contribution < -0.4 is 10.1 Å². The molecule has 3 rings (SSSR count). The van der Waals surface area contributed by atoms with E-state index in [4.69, 9.17) is 4.74 Å². The molecule has 0 radical (unpaired) electrons. The first-order valence-corrected chi connectivity index (χ1v) is 9.34. The van der Waals surface area contributed by atoms with Gasteiger partial charge in [0.2, 0.25) is 10.0 Å². The van der Waals surface area contributed by atoms with Crippen LogP contribution in [-0.4, -0.2) is 43.9 Å². The van der Waals surface area contributed by atoms with Gasteiger partial charge in [-0.2, -0.15) is 4.31 Å². The fourth-order valence-electron chi connectivity index (χ4n) is 2.85. The maximum absolute atomic E-state index is 12.7. The highest BCUT2D eigenvalue weighted by Crippen LogP contribution is 2.23. The Morgan fingerprint density at radius 2 is 2.04 bits per heavy atom. The van der Waals surface area contributed by atoms with Gasteiger partial charge in [-0.05, 0) is 49.2 Å². The minimum absolute atomic E-state index is 0.0820. The molecule has 7 heteroatoms. The third-order valence-electron chi connectivity index (χ3n) is 4.12. The molecule has 0 spiro atoms. The summed E-state index contributed by atoms with van der Waals surface area (Å²) in [6, 6.07) is 11.0. The lowest BCUT2D eigenvalue weighted by Crippen LogP contribution is -2.45. The summed E-state index contributed by atoms with van der Waals surface area (Å²) >= 11 is 0. The highest BCUT2D eigenvalue weighted by atomic mass is 32.2. The molecule has 1 aromatic heterocycles. The molecule has 1 N–H and O–H groups in total. The number of hydrogen-bond donors (Lipinski definition) is 1. The predicted octanol–water partition coefficient (Wildman–Crippen LogP) is 2.36. The van der Waals surface area contributed by atoms with Crippen molar-refractivity contribution in [3.05, 3.63) is 48.8 Å². The molecule has 128 valence electrons.